The van der Waals surface area contributed by atoms with Gasteiger partial charge >= 0.3 is 0 Å². The Morgan fingerprint density at radius 3 is 2.25 bits per heavy atom. The molecular weight excluding hydrogens is 242 g/mol. The SMILES string of the molecule is Cc1c2ccc3cc4ccccc4cc3c2cc[n+]1C. The minimum Gasteiger partial charge on any atom is -0.205 e. The molecule has 0 aliphatic rings. The molecule has 1 heteroatoms. The monoisotopic (exact) mass is 258 g/mol. The summed E-state index contributed by atoms with van der Waals surface area (Å²) in [5, 5.41) is 7.92. The predicted molar refractivity (Wildman–Crippen MR) is 84.9 cm³/mol. The number of fused-ring (bicyclic) bond motifs is 4. The van der Waals surface area contributed by atoms with Crippen LogP contribution in [0.4, 0.5) is 0 Å². The number of hydrogen-bond acceptors (Lipinski definition) is 0. The van der Waals surface area contributed by atoms with Crippen molar-refractivity contribution in [2.24, 2.45) is 7.05 Å². The minimum absolute atomic E-state index is 1.30. The number of hydrogen-bond donors (Lipinski definition) is 0. The van der Waals surface area contributed by atoms with Crippen LogP contribution in [0.1, 0.15) is 5.69 Å². The molecule has 4 aromatic rings. The van der Waals surface area contributed by atoms with Crippen LogP contribution in [0.5, 0.6) is 0 Å². The van der Waals surface area contributed by atoms with E-state index in [1.807, 2.05) is 0 Å². The van der Waals surface area contributed by atoms with Crippen LogP contribution in [-0.2, 0) is 7.05 Å². The zero-order chi connectivity index (χ0) is 13.7. The number of aryl methyl sites for hydroxylation is 2. The molecule has 0 aliphatic heterocycles. The van der Waals surface area contributed by atoms with Gasteiger partial charge in [0.1, 0.15) is 7.05 Å². The lowest BCUT2D eigenvalue weighted by Crippen LogP contribution is -2.31. The van der Waals surface area contributed by atoms with E-state index in [4.69, 9.17) is 0 Å². The zero-order valence-electron chi connectivity index (χ0n) is 11.7. The Morgan fingerprint density at radius 1 is 0.700 bits per heavy atom. The molecule has 4 rings (SSSR count). The maximum absolute atomic E-state index is 2.31. The quantitative estimate of drug-likeness (QED) is 0.252. The van der Waals surface area contributed by atoms with Crippen LogP contribution < -0.4 is 4.57 Å². The molecule has 1 heterocycles. The molecule has 1 aromatic heterocycles. The van der Waals surface area contributed by atoms with Gasteiger partial charge < -0.3 is 0 Å². The van der Waals surface area contributed by atoms with Gasteiger partial charge in [-0.1, -0.05) is 30.3 Å². The van der Waals surface area contributed by atoms with Crippen molar-refractivity contribution in [2.45, 2.75) is 6.92 Å². The van der Waals surface area contributed by atoms with Crippen molar-refractivity contribution >= 4 is 32.3 Å². The first-order valence-corrected chi connectivity index (χ1v) is 6.94. The van der Waals surface area contributed by atoms with Gasteiger partial charge in [-0.2, -0.15) is 0 Å². The third-order valence-corrected chi connectivity index (χ3v) is 4.31. The third kappa shape index (κ3) is 1.53. The van der Waals surface area contributed by atoms with Crippen molar-refractivity contribution < 1.29 is 4.57 Å². The van der Waals surface area contributed by atoms with E-state index >= 15 is 0 Å². The Balaban J connectivity index is 2.24. The van der Waals surface area contributed by atoms with Gasteiger partial charge in [0.05, 0.1) is 0 Å². The Labute approximate surface area is 118 Å². The summed E-state index contributed by atoms with van der Waals surface area (Å²) in [5.41, 5.74) is 1.30. The number of aromatic nitrogens is 1. The van der Waals surface area contributed by atoms with Gasteiger partial charge in [0.15, 0.2) is 11.9 Å². The summed E-state index contributed by atoms with van der Waals surface area (Å²) in [4.78, 5) is 0. The summed E-state index contributed by atoms with van der Waals surface area (Å²) >= 11 is 0. The summed E-state index contributed by atoms with van der Waals surface area (Å²) in [7, 11) is 2.10. The molecule has 3 aromatic carbocycles. The highest BCUT2D eigenvalue weighted by molar-refractivity contribution is 6.12. The van der Waals surface area contributed by atoms with Crippen molar-refractivity contribution in [3.63, 3.8) is 0 Å². The normalized spacial score (nSPS) is 11.5. The average molecular weight is 258 g/mol. The Bertz CT molecular complexity index is 967. The highest BCUT2D eigenvalue weighted by atomic mass is 14.9. The molecule has 0 aliphatic carbocycles. The highest BCUT2D eigenvalue weighted by Crippen LogP contribution is 2.29. The number of rotatable bonds is 0. The largest absolute Gasteiger partial charge is 0.205 e. The van der Waals surface area contributed by atoms with Crippen molar-refractivity contribution in [3.8, 4) is 0 Å². The predicted octanol–water partition coefficient (Wildman–Crippen LogP) is 4.28. The Hall–Kier alpha value is -2.41. The van der Waals surface area contributed by atoms with Crippen LogP contribution in [0.25, 0.3) is 32.3 Å². The second-order valence-corrected chi connectivity index (χ2v) is 5.46. The molecular formula is C19H16N+. The lowest BCUT2D eigenvalue weighted by molar-refractivity contribution is -0.676. The van der Waals surface area contributed by atoms with Crippen LogP contribution >= 0.6 is 0 Å². The fourth-order valence-corrected chi connectivity index (χ4v) is 3.02. The third-order valence-electron chi connectivity index (χ3n) is 4.31. The Kier molecular flexibility index (Phi) is 2.31. The average Bonchev–Trinajstić information content (AvgIpc) is 2.48. The van der Waals surface area contributed by atoms with Crippen molar-refractivity contribution in [1.82, 2.24) is 0 Å². The van der Waals surface area contributed by atoms with Gasteiger partial charge in [-0.25, -0.2) is 4.57 Å². The topological polar surface area (TPSA) is 3.88 Å². The maximum atomic E-state index is 2.31. The molecule has 0 saturated carbocycles. The lowest BCUT2D eigenvalue weighted by atomic mass is 9.98. The van der Waals surface area contributed by atoms with Crippen molar-refractivity contribution in [1.29, 1.82) is 0 Å². The van der Waals surface area contributed by atoms with E-state index in [-0.39, 0.29) is 0 Å². The molecule has 0 amide bonds. The molecule has 20 heavy (non-hydrogen) atoms. The lowest BCUT2D eigenvalue weighted by Gasteiger charge is -2.07. The summed E-state index contributed by atoms with van der Waals surface area (Å²) in [6.45, 7) is 2.18. The Morgan fingerprint density at radius 2 is 1.45 bits per heavy atom. The number of nitrogens with zero attached hydrogens (tertiary/aromatic N) is 1. The van der Waals surface area contributed by atoms with E-state index in [1.54, 1.807) is 0 Å². The zero-order valence-corrected chi connectivity index (χ0v) is 11.7. The molecule has 1 nitrogen and oxygen atoms in total. The van der Waals surface area contributed by atoms with Gasteiger partial charge in [-0.3, -0.25) is 0 Å². The fourth-order valence-electron chi connectivity index (χ4n) is 3.02. The summed E-state index contributed by atoms with van der Waals surface area (Å²) in [5.74, 6) is 0. The van der Waals surface area contributed by atoms with Crippen molar-refractivity contribution in [2.75, 3.05) is 0 Å². The van der Waals surface area contributed by atoms with Crippen LogP contribution in [-0.4, -0.2) is 0 Å². The first kappa shape index (κ1) is 11.4. The molecule has 96 valence electrons. The summed E-state index contributed by atoms with van der Waals surface area (Å²) in [6, 6.07) is 19.8. The number of benzene rings is 3. The van der Waals surface area contributed by atoms with E-state index in [9.17, 15) is 0 Å². The van der Waals surface area contributed by atoms with Crippen molar-refractivity contribution in [3.05, 3.63) is 66.5 Å². The molecule has 0 saturated heterocycles. The molecule has 0 N–H and O–H groups in total. The first-order chi connectivity index (χ1) is 9.74. The van der Waals surface area contributed by atoms with E-state index < -0.39 is 0 Å². The van der Waals surface area contributed by atoms with Gasteiger partial charge in [0, 0.05) is 23.8 Å². The molecule has 0 atom stereocenters. The molecule has 0 radical (unpaired) electrons. The molecule has 0 spiro atoms. The second-order valence-electron chi connectivity index (χ2n) is 5.46. The van der Waals surface area contributed by atoms with Crippen LogP contribution in [0, 0.1) is 6.92 Å². The van der Waals surface area contributed by atoms with E-state index in [0.717, 1.165) is 0 Å². The fraction of sp³-hybridized carbons (Fsp3) is 0.105. The van der Waals surface area contributed by atoms with Crippen LogP contribution in [0.15, 0.2) is 60.8 Å². The highest BCUT2D eigenvalue weighted by Gasteiger charge is 2.09. The standard InChI is InChI=1S/C19H16N/c1-13-17-8-7-16-11-14-5-3-4-6-15(14)12-19(16)18(17)9-10-20(13)2/h3-12H,1-2H3/q+1. The van der Waals surface area contributed by atoms with Gasteiger partial charge in [-0.05, 0) is 39.7 Å². The summed E-state index contributed by atoms with van der Waals surface area (Å²) in [6.07, 6.45) is 2.15. The smallest absolute Gasteiger partial charge is 0.185 e. The van der Waals surface area contributed by atoms with Gasteiger partial charge in [0.25, 0.3) is 0 Å². The number of pyridine rings is 1. The molecule has 0 bridgehead atoms. The van der Waals surface area contributed by atoms with E-state index in [1.165, 1.54) is 38.0 Å². The second kappa shape index (κ2) is 4.04. The van der Waals surface area contributed by atoms with E-state index in [0.29, 0.717) is 0 Å². The van der Waals surface area contributed by atoms with Crippen LogP contribution in [0.2, 0.25) is 0 Å². The summed E-state index contributed by atoms with van der Waals surface area (Å²) < 4.78 is 2.18. The molecule has 0 unspecified atom stereocenters. The maximum Gasteiger partial charge on any atom is 0.185 e. The minimum atomic E-state index is 1.30. The van der Waals surface area contributed by atoms with Gasteiger partial charge in [-0.15, -0.1) is 0 Å². The first-order valence-electron chi connectivity index (χ1n) is 6.94. The van der Waals surface area contributed by atoms with Crippen LogP contribution in [0.3, 0.4) is 0 Å². The van der Waals surface area contributed by atoms with E-state index in [2.05, 4.69) is 79.3 Å². The molecule has 0 fully saturated rings. The van der Waals surface area contributed by atoms with Gasteiger partial charge in [0.2, 0.25) is 0 Å².